The van der Waals surface area contributed by atoms with Crippen molar-refractivity contribution < 1.29 is 4.79 Å². The first-order valence-electron chi connectivity index (χ1n) is 6.03. The number of benzene rings is 1. The normalized spacial score (nSPS) is 10.1. The van der Waals surface area contributed by atoms with Crippen molar-refractivity contribution in [2.75, 3.05) is 25.0 Å². The lowest BCUT2D eigenvalue weighted by molar-refractivity contribution is -0.119. The molecule has 0 aliphatic heterocycles. The number of carbonyl (C=O) groups is 1. The topological polar surface area (TPSA) is 58.4 Å². The summed E-state index contributed by atoms with van der Waals surface area (Å²) in [6.45, 7) is 3.05. The SMILES string of the molecule is CCCNC(=O)CN(C)c1ccc(C(N)=S)c(Br)c1. The van der Waals surface area contributed by atoms with E-state index in [1.165, 1.54) is 0 Å². The smallest absolute Gasteiger partial charge is 0.239 e. The van der Waals surface area contributed by atoms with Crippen LogP contribution >= 0.6 is 28.1 Å². The molecule has 0 aromatic heterocycles. The number of nitrogens with two attached hydrogens (primary N) is 1. The standard InChI is InChI=1S/C13H18BrN3OS/c1-3-6-16-12(18)8-17(2)9-4-5-10(13(15)19)11(14)7-9/h4-5,7H,3,6,8H2,1-2H3,(H2,15,19)(H,16,18). The van der Waals surface area contributed by atoms with Crippen LogP contribution in [-0.2, 0) is 4.79 Å². The van der Waals surface area contributed by atoms with Gasteiger partial charge < -0.3 is 16.0 Å². The number of rotatable bonds is 6. The summed E-state index contributed by atoms with van der Waals surface area (Å²) < 4.78 is 0.832. The van der Waals surface area contributed by atoms with E-state index in [4.69, 9.17) is 18.0 Å². The van der Waals surface area contributed by atoms with E-state index in [9.17, 15) is 4.79 Å². The van der Waals surface area contributed by atoms with Crippen LogP contribution in [0.25, 0.3) is 0 Å². The summed E-state index contributed by atoms with van der Waals surface area (Å²) in [5.74, 6) is 0.0129. The van der Waals surface area contributed by atoms with E-state index in [1.807, 2.05) is 37.1 Å². The van der Waals surface area contributed by atoms with Gasteiger partial charge in [0.05, 0.1) is 6.54 Å². The average Bonchev–Trinajstić information content (AvgIpc) is 2.35. The predicted octanol–water partition coefficient (Wildman–Crippen LogP) is 2.05. The maximum atomic E-state index is 11.6. The van der Waals surface area contributed by atoms with E-state index in [1.54, 1.807) is 0 Å². The van der Waals surface area contributed by atoms with Crippen LogP contribution < -0.4 is 16.0 Å². The number of carbonyl (C=O) groups excluding carboxylic acids is 1. The summed E-state index contributed by atoms with van der Waals surface area (Å²) in [7, 11) is 1.87. The van der Waals surface area contributed by atoms with Crippen molar-refractivity contribution in [1.82, 2.24) is 5.32 Å². The van der Waals surface area contributed by atoms with Crippen LogP contribution in [0.5, 0.6) is 0 Å². The Morgan fingerprint density at radius 2 is 2.21 bits per heavy atom. The molecule has 0 unspecified atom stereocenters. The molecule has 0 fully saturated rings. The van der Waals surface area contributed by atoms with Gasteiger partial charge in [-0.05, 0) is 40.5 Å². The second-order valence-electron chi connectivity index (χ2n) is 4.23. The first-order chi connectivity index (χ1) is 8.95. The van der Waals surface area contributed by atoms with E-state index < -0.39 is 0 Å². The number of hydrogen-bond acceptors (Lipinski definition) is 3. The molecule has 0 heterocycles. The van der Waals surface area contributed by atoms with Crippen molar-refractivity contribution >= 4 is 44.7 Å². The monoisotopic (exact) mass is 343 g/mol. The van der Waals surface area contributed by atoms with Gasteiger partial charge in [-0.3, -0.25) is 4.79 Å². The van der Waals surface area contributed by atoms with Gasteiger partial charge >= 0.3 is 0 Å². The van der Waals surface area contributed by atoms with Crippen LogP contribution in [0, 0.1) is 0 Å². The Labute approximate surface area is 127 Å². The highest BCUT2D eigenvalue weighted by Gasteiger charge is 2.09. The van der Waals surface area contributed by atoms with Crippen LogP contribution in [0.2, 0.25) is 0 Å². The van der Waals surface area contributed by atoms with Gasteiger partial charge in [0, 0.05) is 29.3 Å². The van der Waals surface area contributed by atoms with Gasteiger partial charge in [0.25, 0.3) is 0 Å². The lowest BCUT2D eigenvalue weighted by atomic mass is 10.2. The molecule has 6 heteroatoms. The highest BCUT2D eigenvalue weighted by molar-refractivity contribution is 9.10. The molecular weight excluding hydrogens is 326 g/mol. The van der Waals surface area contributed by atoms with Gasteiger partial charge in [0.15, 0.2) is 0 Å². The molecule has 0 radical (unpaired) electrons. The van der Waals surface area contributed by atoms with Crippen LogP contribution in [-0.4, -0.2) is 31.0 Å². The largest absolute Gasteiger partial charge is 0.389 e. The lowest BCUT2D eigenvalue weighted by Crippen LogP contribution is -2.35. The fourth-order valence-electron chi connectivity index (χ4n) is 1.57. The molecule has 0 atom stereocenters. The Bertz CT molecular complexity index is 479. The Balaban J connectivity index is 2.72. The van der Waals surface area contributed by atoms with Crippen LogP contribution in [0.1, 0.15) is 18.9 Å². The molecule has 1 amide bonds. The molecule has 19 heavy (non-hydrogen) atoms. The summed E-state index contributed by atoms with van der Waals surface area (Å²) >= 11 is 8.38. The van der Waals surface area contributed by atoms with Crippen molar-refractivity contribution in [3.8, 4) is 0 Å². The van der Waals surface area contributed by atoms with Crippen molar-refractivity contribution in [3.05, 3.63) is 28.2 Å². The average molecular weight is 344 g/mol. The summed E-state index contributed by atoms with van der Waals surface area (Å²) in [6.07, 6.45) is 0.934. The maximum Gasteiger partial charge on any atom is 0.239 e. The highest BCUT2D eigenvalue weighted by atomic mass is 79.9. The van der Waals surface area contributed by atoms with E-state index in [-0.39, 0.29) is 5.91 Å². The molecule has 0 spiro atoms. The van der Waals surface area contributed by atoms with Gasteiger partial charge in [-0.15, -0.1) is 0 Å². The van der Waals surface area contributed by atoms with Gasteiger partial charge in [0.2, 0.25) is 5.91 Å². The first-order valence-corrected chi connectivity index (χ1v) is 7.23. The molecule has 0 aliphatic carbocycles. The number of halogens is 1. The van der Waals surface area contributed by atoms with Gasteiger partial charge in [-0.2, -0.15) is 0 Å². The summed E-state index contributed by atoms with van der Waals surface area (Å²) in [4.78, 5) is 13.9. The number of anilines is 1. The first kappa shape index (κ1) is 15.9. The number of likely N-dealkylation sites (N-methyl/N-ethyl adjacent to an activating group) is 1. The molecular formula is C13H18BrN3OS. The Morgan fingerprint density at radius 1 is 1.53 bits per heavy atom. The minimum Gasteiger partial charge on any atom is -0.389 e. The van der Waals surface area contributed by atoms with Gasteiger partial charge in [0.1, 0.15) is 4.99 Å². The van der Waals surface area contributed by atoms with E-state index >= 15 is 0 Å². The molecule has 104 valence electrons. The molecule has 3 N–H and O–H groups in total. The summed E-state index contributed by atoms with van der Waals surface area (Å²) in [5.41, 5.74) is 7.32. The third-order valence-corrected chi connectivity index (χ3v) is 3.49. The fraction of sp³-hybridized carbons (Fsp3) is 0.385. The van der Waals surface area contributed by atoms with Crippen LogP contribution in [0.3, 0.4) is 0 Å². The zero-order valence-electron chi connectivity index (χ0n) is 11.1. The second-order valence-corrected chi connectivity index (χ2v) is 5.53. The quantitative estimate of drug-likeness (QED) is 0.776. The van der Waals surface area contributed by atoms with Crippen LogP contribution in [0.15, 0.2) is 22.7 Å². The number of nitrogens with zero attached hydrogens (tertiary/aromatic N) is 1. The lowest BCUT2D eigenvalue weighted by Gasteiger charge is -2.19. The maximum absolute atomic E-state index is 11.6. The fourth-order valence-corrected chi connectivity index (χ4v) is 2.46. The highest BCUT2D eigenvalue weighted by Crippen LogP contribution is 2.23. The zero-order valence-corrected chi connectivity index (χ0v) is 13.5. The van der Waals surface area contributed by atoms with Crippen molar-refractivity contribution in [1.29, 1.82) is 0 Å². The molecule has 0 saturated carbocycles. The third-order valence-electron chi connectivity index (χ3n) is 2.61. The molecule has 0 bridgehead atoms. The molecule has 0 aliphatic rings. The van der Waals surface area contributed by atoms with Gasteiger partial charge in [-0.25, -0.2) is 0 Å². The summed E-state index contributed by atoms with van der Waals surface area (Å²) in [6, 6.07) is 5.65. The Morgan fingerprint density at radius 3 is 2.74 bits per heavy atom. The van der Waals surface area contributed by atoms with E-state index in [0.717, 1.165) is 22.1 Å². The molecule has 0 saturated heterocycles. The number of nitrogens with one attached hydrogen (secondary N) is 1. The van der Waals surface area contributed by atoms with Crippen molar-refractivity contribution in [2.24, 2.45) is 5.73 Å². The van der Waals surface area contributed by atoms with E-state index in [2.05, 4.69) is 21.2 Å². The van der Waals surface area contributed by atoms with Crippen molar-refractivity contribution in [2.45, 2.75) is 13.3 Å². The van der Waals surface area contributed by atoms with Crippen LogP contribution in [0.4, 0.5) is 5.69 Å². The number of amides is 1. The Hall–Kier alpha value is -1.14. The summed E-state index contributed by atoms with van der Waals surface area (Å²) in [5, 5.41) is 2.84. The zero-order chi connectivity index (χ0) is 14.4. The molecule has 1 rings (SSSR count). The van der Waals surface area contributed by atoms with Gasteiger partial charge in [-0.1, -0.05) is 19.1 Å². The molecule has 4 nitrogen and oxygen atoms in total. The van der Waals surface area contributed by atoms with E-state index in [0.29, 0.717) is 18.1 Å². The van der Waals surface area contributed by atoms with Crippen molar-refractivity contribution in [3.63, 3.8) is 0 Å². The second kappa shape index (κ2) is 7.45. The molecule has 1 aromatic carbocycles. The number of hydrogen-bond donors (Lipinski definition) is 2. The predicted molar refractivity (Wildman–Crippen MR) is 86.6 cm³/mol. The minimum absolute atomic E-state index is 0.0129. The number of thiocarbonyl (C=S) groups is 1. The third kappa shape index (κ3) is 4.80. The minimum atomic E-state index is 0.0129. The molecule has 1 aromatic rings. The Kier molecular flexibility index (Phi) is 6.24.